The summed E-state index contributed by atoms with van der Waals surface area (Å²) < 4.78 is 17.9. The Bertz CT molecular complexity index is 691. The molecule has 0 saturated heterocycles. The Morgan fingerprint density at radius 1 is 1.12 bits per heavy atom. The topological polar surface area (TPSA) is 47.9 Å². The van der Waals surface area contributed by atoms with Gasteiger partial charge in [0.2, 0.25) is 0 Å². The zero-order valence-electron chi connectivity index (χ0n) is 21.6. The zero-order chi connectivity index (χ0) is 24.4. The minimum absolute atomic E-state index is 0.00872. The highest BCUT2D eigenvalue weighted by Crippen LogP contribution is 2.36. The van der Waals surface area contributed by atoms with Crippen molar-refractivity contribution in [3.63, 3.8) is 0 Å². The molecule has 0 heterocycles. The van der Waals surface area contributed by atoms with E-state index in [-0.39, 0.29) is 23.0 Å². The molecule has 0 aliphatic rings. The van der Waals surface area contributed by atoms with Crippen LogP contribution in [0, 0.1) is 11.8 Å². The number of hydrogen-bond donors (Lipinski definition) is 1. The summed E-state index contributed by atoms with van der Waals surface area (Å²) in [6, 6.07) is 7.93. The van der Waals surface area contributed by atoms with Gasteiger partial charge in [-0.05, 0) is 48.7 Å². The number of aliphatic hydroxyl groups is 1. The number of hydrogen-bond acceptors (Lipinski definition) is 4. The number of allylic oxidation sites excluding steroid dienone is 2. The lowest BCUT2D eigenvalue weighted by Gasteiger charge is -2.36. The van der Waals surface area contributed by atoms with Gasteiger partial charge in [-0.15, -0.1) is 0 Å². The molecule has 0 fully saturated rings. The Labute approximate surface area is 197 Å². The summed E-state index contributed by atoms with van der Waals surface area (Å²) in [4.78, 5) is 0. The van der Waals surface area contributed by atoms with Crippen molar-refractivity contribution in [2.75, 3.05) is 13.7 Å². The molecule has 0 aliphatic heterocycles. The van der Waals surface area contributed by atoms with Gasteiger partial charge in [0.25, 0.3) is 0 Å². The Morgan fingerprint density at radius 3 is 2.28 bits per heavy atom. The van der Waals surface area contributed by atoms with Crippen LogP contribution < -0.4 is 4.74 Å². The highest BCUT2D eigenvalue weighted by atomic mass is 28.4. The first-order chi connectivity index (χ1) is 14.9. The van der Waals surface area contributed by atoms with Crippen LogP contribution in [0.3, 0.4) is 0 Å². The van der Waals surface area contributed by atoms with Gasteiger partial charge in [-0.2, -0.15) is 0 Å². The Hall–Kier alpha value is -1.40. The number of methoxy groups -OCH3 is 1. The van der Waals surface area contributed by atoms with Crippen molar-refractivity contribution in [2.45, 2.75) is 84.4 Å². The first-order valence-electron chi connectivity index (χ1n) is 11.8. The van der Waals surface area contributed by atoms with E-state index in [0.717, 1.165) is 30.8 Å². The molecule has 32 heavy (non-hydrogen) atoms. The molecule has 1 rings (SSSR count). The average Bonchev–Trinajstić information content (AvgIpc) is 2.75. The van der Waals surface area contributed by atoms with E-state index in [1.807, 2.05) is 43.3 Å². The van der Waals surface area contributed by atoms with Gasteiger partial charge in [0.05, 0.1) is 25.9 Å². The van der Waals surface area contributed by atoms with Crippen molar-refractivity contribution in [2.24, 2.45) is 11.8 Å². The summed E-state index contributed by atoms with van der Waals surface area (Å²) >= 11 is 0. The fraction of sp³-hybridized carbons (Fsp3) is 0.630. The van der Waals surface area contributed by atoms with Crippen molar-refractivity contribution >= 4 is 8.32 Å². The second-order valence-electron chi connectivity index (χ2n) is 10.3. The van der Waals surface area contributed by atoms with Gasteiger partial charge in [0.1, 0.15) is 5.75 Å². The first kappa shape index (κ1) is 28.6. The predicted molar refractivity (Wildman–Crippen MR) is 138 cm³/mol. The van der Waals surface area contributed by atoms with Gasteiger partial charge in [0, 0.05) is 18.4 Å². The van der Waals surface area contributed by atoms with Crippen molar-refractivity contribution < 1.29 is 19.0 Å². The number of benzene rings is 1. The fourth-order valence-corrected chi connectivity index (χ4v) is 4.41. The highest BCUT2D eigenvalue weighted by Gasteiger charge is 2.37. The summed E-state index contributed by atoms with van der Waals surface area (Å²) in [6.07, 6.45) is 6.83. The number of ether oxygens (including phenoxy) is 2. The van der Waals surface area contributed by atoms with Crippen LogP contribution in [0.15, 0.2) is 49.1 Å². The van der Waals surface area contributed by atoms with E-state index in [1.165, 1.54) is 0 Å². The molecule has 1 aromatic rings. The summed E-state index contributed by atoms with van der Waals surface area (Å²) in [5.74, 6) is 0.851. The second kappa shape index (κ2) is 13.3. The SMILES string of the molecule is C=C/C=C\[C@H](C)[C@H](O)[C@@H](C)[C@@H](CCCO[Si](C)(C)C(C)(C)C)OCc1ccc(OC)cc1. The molecule has 0 aromatic heterocycles. The van der Waals surface area contributed by atoms with Crippen LogP contribution in [-0.4, -0.2) is 39.3 Å². The molecule has 0 radical (unpaired) electrons. The fourth-order valence-electron chi connectivity index (χ4n) is 3.32. The molecule has 0 bridgehead atoms. The van der Waals surface area contributed by atoms with E-state index in [0.29, 0.717) is 6.61 Å². The standard InChI is InChI=1S/C27H46O4Si/c1-10-11-13-21(2)26(28)22(3)25(14-12-19-31-32(8,9)27(4,5)6)30-20-23-15-17-24(29-7)18-16-23/h10-11,13,15-18,21-22,25-26,28H,1,12,14,19-20H2,2-9H3/b13-11-/t21-,22-,25+,26-/m0/s1. The number of aliphatic hydroxyl groups excluding tert-OH is 1. The van der Waals surface area contributed by atoms with Crippen LogP contribution in [0.25, 0.3) is 0 Å². The Morgan fingerprint density at radius 2 is 1.75 bits per heavy atom. The highest BCUT2D eigenvalue weighted by molar-refractivity contribution is 6.74. The Kier molecular flexibility index (Phi) is 11.9. The van der Waals surface area contributed by atoms with E-state index < -0.39 is 14.4 Å². The zero-order valence-corrected chi connectivity index (χ0v) is 22.6. The molecule has 0 amide bonds. The first-order valence-corrected chi connectivity index (χ1v) is 14.7. The van der Waals surface area contributed by atoms with Crippen LogP contribution in [0.4, 0.5) is 0 Å². The quantitative estimate of drug-likeness (QED) is 0.188. The van der Waals surface area contributed by atoms with Crippen LogP contribution in [0.5, 0.6) is 5.75 Å². The lowest BCUT2D eigenvalue weighted by Crippen LogP contribution is -2.41. The van der Waals surface area contributed by atoms with Crippen molar-refractivity contribution in [3.8, 4) is 5.75 Å². The maximum absolute atomic E-state index is 10.9. The normalized spacial score (nSPS) is 16.5. The van der Waals surface area contributed by atoms with Gasteiger partial charge in [-0.25, -0.2) is 0 Å². The lowest BCUT2D eigenvalue weighted by molar-refractivity contribution is -0.0531. The van der Waals surface area contributed by atoms with Gasteiger partial charge >= 0.3 is 0 Å². The molecule has 0 aliphatic carbocycles. The minimum atomic E-state index is -1.76. The van der Waals surface area contributed by atoms with E-state index in [1.54, 1.807) is 13.2 Å². The van der Waals surface area contributed by atoms with Crippen LogP contribution in [0.2, 0.25) is 18.1 Å². The van der Waals surface area contributed by atoms with Gasteiger partial charge in [-0.3, -0.25) is 0 Å². The minimum Gasteiger partial charge on any atom is -0.497 e. The van der Waals surface area contributed by atoms with Crippen LogP contribution in [-0.2, 0) is 15.8 Å². The molecule has 1 N–H and O–H groups in total. The van der Waals surface area contributed by atoms with Crippen molar-refractivity contribution in [1.29, 1.82) is 0 Å². The lowest BCUT2D eigenvalue weighted by atomic mass is 9.87. The Balaban J connectivity index is 2.79. The van der Waals surface area contributed by atoms with Crippen molar-refractivity contribution in [1.82, 2.24) is 0 Å². The van der Waals surface area contributed by atoms with Crippen LogP contribution >= 0.6 is 0 Å². The molecule has 0 unspecified atom stereocenters. The molecule has 0 saturated carbocycles. The summed E-state index contributed by atoms with van der Waals surface area (Å²) in [6.45, 7) is 20.4. The van der Waals surface area contributed by atoms with E-state index >= 15 is 0 Å². The van der Waals surface area contributed by atoms with Crippen molar-refractivity contribution in [3.05, 3.63) is 54.6 Å². The van der Waals surface area contributed by atoms with Gasteiger partial charge < -0.3 is 19.0 Å². The maximum atomic E-state index is 10.9. The molecule has 4 atom stereocenters. The second-order valence-corrected chi connectivity index (χ2v) is 15.1. The third-order valence-electron chi connectivity index (χ3n) is 6.74. The largest absolute Gasteiger partial charge is 0.497 e. The molecule has 1 aromatic carbocycles. The third kappa shape index (κ3) is 9.22. The molecule has 0 spiro atoms. The average molecular weight is 463 g/mol. The van der Waals surface area contributed by atoms with E-state index in [2.05, 4.69) is 47.4 Å². The summed E-state index contributed by atoms with van der Waals surface area (Å²) in [5.41, 5.74) is 1.09. The third-order valence-corrected chi connectivity index (χ3v) is 11.3. The van der Waals surface area contributed by atoms with Gasteiger partial charge in [-0.1, -0.05) is 71.6 Å². The summed E-state index contributed by atoms with van der Waals surface area (Å²) in [7, 11) is -0.0944. The molecule has 4 nitrogen and oxygen atoms in total. The molecular formula is C27H46O4Si. The number of rotatable bonds is 14. The van der Waals surface area contributed by atoms with Crippen LogP contribution in [0.1, 0.15) is 53.0 Å². The van der Waals surface area contributed by atoms with E-state index in [9.17, 15) is 5.11 Å². The van der Waals surface area contributed by atoms with Gasteiger partial charge in [0.15, 0.2) is 8.32 Å². The van der Waals surface area contributed by atoms with E-state index in [4.69, 9.17) is 13.9 Å². The summed E-state index contributed by atoms with van der Waals surface area (Å²) in [5, 5.41) is 11.1. The monoisotopic (exact) mass is 462 g/mol. The maximum Gasteiger partial charge on any atom is 0.191 e. The smallest absolute Gasteiger partial charge is 0.191 e. The molecular weight excluding hydrogens is 416 g/mol. The molecule has 5 heteroatoms. The molecule has 182 valence electrons. The predicted octanol–water partition coefficient (Wildman–Crippen LogP) is 6.76.